The van der Waals surface area contributed by atoms with Crippen LogP contribution in [0.2, 0.25) is 0 Å². The Morgan fingerprint density at radius 2 is 2.04 bits per heavy atom. The molecule has 1 aromatic carbocycles. The van der Waals surface area contributed by atoms with Gasteiger partial charge in [-0.15, -0.1) is 0 Å². The number of aryl methyl sites for hydroxylation is 1. The maximum atomic E-state index is 13.2. The van der Waals surface area contributed by atoms with Crippen LogP contribution in [-0.4, -0.2) is 23.6 Å². The SMILES string of the molecule is CCNC(=NCc1cccc(F)c1)NCCCCn1ccccc1=O. The minimum Gasteiger partial charge on any atom is -0.357 e. The fourth-order valence-corrected chi connectivity index (χ4v) is 2.41. The van der Waals surface area contributed by atoms with Crippen LogP contribution in [0.15, 0.2) is 58.4 Å². The number of hydrogen-bond acceptors (Lipinski definition) is 2. The number of hydrogen-bond donors (Lipinski definition) is 2. The van der Waals surface area contributed by atoms with Crippen LogP contribution < -0.4 is 16.2 Å². The Hall–Kier alpha value is -2.63. The van der Waals surface area contributed by atoms with Gasteiger partial charge in [-0.3, -0.25) is 4.79 Å². The van der Waals surface area contributed by atoms with Gasteiger partial charge < -0.3 is 15.2 Å². The Bertz CT molecular complexity index is 742. The van der Waals surface area contributed by atoms with E-state index in [1.807, 2.05) is 19.1 Å². The summed E-state index contributed by atoms with van der Waals surface area (Å²) in [6.45, 7) is 4.65. The van der Waals surface area contributed by atoms with E-state index in [1.165, 1.54) is 12.1 Å². The number of pyridine rings is 1. The van der Waals surface area contributed by atoms with E-state index < -0.39 is 0 Å². The number of halogens is 1. The van der Waals surface area contributed by atoms with Gasteiger partial charge in [0, 0.05) is 31.9 Å². The van der Waals surface area contributed by atoms with Crippen LogP contribution in [0.4, 0.5) is 4.39 Å². The molecule has 0 spiro atoms. The van der Waals surface area contributed by atoms with Crippen molar-refractivity contribution >= 4 is 5.96 Å². The highest BCUT2D eigenvalue weighted by molar-refractivity contribution is 5.79. The molecule has 0 aliphatic carbocycles. The fourth-order valence-electron chi connectivity index (χ4n) is 2.41. The van der Waals surface area contributed by atoms with Crippen molar-refractivity contribution in [2.45, 2.75) is 32.9 Å². The molecule has 0 amide bonds. The Balaban J connectivity index is 1.76. The van der Waals surface area contributed by atoms with Crippen molar-refractivity contribution in [2.75, 3.05) is 13.1 Å². The number of benzene rings is 1. The van der Waals surface area contributed by atoms with Gasteiger partial charge in [0.25, 0.3) is 0 Å². The number of aliphatic imine (C=N–C) groups is 1. The van der Waals surface area contributed by atoms with Crippen LogP contribution >= 0.6 is 0 Å². The maximum Gasteiger partial charge on any atom is 0.250 e. The van der Waals surface area contributed by atoms with Crippen LogP contribution in [-0.2, 0) is 13.1 Å². The molecular weight excluding hydrogens is 319 g/mol. The molecule has 2 rings (SSSR count). The molecule has 0 aliphatic rings. The average Bonchev–Trinajstić information content (AvgIpc) is 2.61. The van der Waals surface area contributed by atoms with Crippen molar-refractivity contribution in [2.24, 2.45) is 4.99 Å². The summed E-state index contributed by atoms with van der Waals surface area (Å²) in [5.41, 5.74) is 0.862. The van der Waals surface area contributed by atoms with E-state index in [4.69, 9.17) is 0 Å². The van der Waals surface area contributed by atoms with Crippen molar-refractivity contribution in [1.29, 1.82) is 0 Å². The Morgan fingerprint density at radius 3 is 2.80 bits per heavy atom. The highest BCUT2D eigenvalue weighted by Crippen LogP contribution is 2.04. The van der Waals surface area contributed by atoms with Gasteiger partial charge in [-0.05, 0) is 43.5 Å². The van der Waals surface area contributed by atoms with Gasteiger partial charge in [0.15, 0.2) is 5.96 Å². The first kappa shape index (κ1) is 18.7. The van der Waals surface area contributed by atoms with Crippen molar-refractivity contribution in [3.63, 3.8) is 0 Å². The molecule has 6 heteroatoms. The summed E-state index contributed by atoms with van der Waals surface area (Å²) in [6, 6.07) is 11.6. The molecule has 0 saturated carbocycles. The smallest absolute Gasteiger partial charge is 0.250 e. The standard InChI is InChI=1S/C19H25FN4O/c1-2-21-19(23-15-16-8-7-9-17(20)14-16)22-11-4-6-13-24-12-5-3-10-18(24)25/h3,5,7-10,12,14H,2,4,6,11,13,15H2,1H3,(H2,21,22,23). The zero-order valence-corrected chi connectivity index (χ0v) is 14.5. The second kappa shape index (κ2) is 10.3. The average molecular weight is 344 g/mol. The van der Waals surface area contributed by atoms with Crippen LogP contribution in [0.25, 0.3) is 0 Å². The second-order valence-electron chi connectivity index (χ2n) is 5.69. The topological polar surface area (TPSA) is 58.4 Å². The summed E-state index contributed by atoms with van der Waals surface area (Å²) in [5.74, 6) is 0.463. The monoisotopic (exact) mass is 344 g/mol. The lowest BCUT2D eigenvalue weighted by Gasteiger charge is -2.11. The molecule has 0 saturated heterocycles. The summed E-state index contributed by atoms with van der Waals surface area (Å²) in [7, 11) is 0. The maximum absolute atomic E-state index is 13.2. The number of nitrogens with zero attached hydrogens (tertiary/aromatic N) is 2. The van der Waals surface area contributed by atoms with E-state index in [1.54, 1.807) is 29.0 Å². The Morgan fingerprint density at radius 1 is 1.16 bits per heavy atom. The van der Waals surface area contributed by atoms with E-state index in [-0.39, 0.29) is 11.4 Å². The normalized spacial score (nSPS) is 11.4. The third-order valence-electron chi connectivity index (χ3n) is 3.67. The molecule has 1 heterocycles. The van der Waals surface area contributed by atoms with Crippen molar-refractivity contribution in [1.82, 2.24) is 15.2 Å². The highest BCUT2D eigenvalue weighted by Gasteiger charge is 1.99. The van der Waals surface area contributed by atoms with Gasteiger partial charge in [0.1, 0.15) is 5.82 Å². The van der Waals surface area contributed by atoms with Crippen LogP contribution in [0, 0.1) is 5.82 Å². The van der Waals surface area contributed by atoms with E-state index in [9.17, 15) is 9.18 Å². The van der Waals surface area contributed by atoms with Gasteiger partial charge in [-0.2, -0.15) is 0 Å². The molecule has 1 aromatic heterocycles. The summed E-state index contributed by atoms with van der Waals surface area (Å²) in [4.78, 5) is 16.1. The first-order chi connectivity index (χ1) is 12.2. The lowest BCUT2D eigenvalue weighted by atomic mass is 10.2. The third kappa shape index (κ3) is 6.79. The van der Waals surface area contributed by atoms with E-state index in [0.717, 1.165) is 31.5 Å². The first-order valence-electron chi connectivity index (χ1n) is 8.61. The number of nitrogens with one attached hydrogen (secondary N) is 2. The largest absolute Gasteiger partial charge is 0.357 e. The predicted molar refractivity (Wildman–Crippen MR) is 99.2 cm³/mol. The van der Waals surface area contributed by atoms with Gasteiger partial charge in [-0.1, -0.05) is 18.2 Å². The van der Waals surface area contributed by atoms with Gasteiger partial charge >= 0.3 is 0 Å². The van der Waals surface area contributed by atoms with Crippen molar-refractivity contribution < 1.29 is 4.39 Å². The van der Waals surface area contributed by atoms with Gasteiger partial charge in [0.2, 0.25) is 5.56 Å². The fraction of sp³-hybridized carbons (Fsp3) is 0.368. The van der Waals surface area contributed by atoms with Crippen molar-refractivity contribution in [3.8, 4) is 0 Å². The number of guanidine groups is 1. The molecule has 25 heavy (non-hydrogen) atoms. The molecule has 0 atom stereocenters. The highest BCUT2D eigenvalue weighted by atomic mass is 19.1. The lowest BCUT2D eigenvalue weighted by Crippen LogP contribution is -2.37. The van der Waals surface area contributed by atoms with Crippen molar-refractivity contribution in [3.05, 3.63) is 70.4 Å². The minimum absolute atomic E-state index is 0.0282. The summed E-state index contributed by atoms with van der Waals surface area (Å²) in [6.07, 6.45) is 3.63. The molecule has 0 radical (unpaired) electrons. The quantitative estimate of drug-likeness (QED) is 0.439. The molecule has 134 valence electrons. The first-order valence-corrected chi connectivity index (χ1v) is 8.61. The number of rotatable bonds is 8. The minimum atomic E-state index is -0.248. The van der Waals surface area contributed by atoms with Gasteiger partial charge in [0.05, 0.1) is 6.54 Å². The predicted octanol–water partition coefficient (Wildman–Crippen LogP) is 2.52. The molecule has 0 unspecified atom stereocenters. The van der Waals surface area contributed by atoms with Crippen LogP contribution in [0.3, 0.4) is 0 Å². The summed E-state index contributed by atoms with van der Waals surface area (Å²) < 4.78 is 14.9. The molecule has 0 fully saturated rings. The van der Waals surface area contributed by atoms with Crippen LogP contribution in [0.5, 0.6) is 0 Å². The Kier molecular flexibility index (Phi) is 7.69. The van der Waals surface area contributed by atoms with Crippen LogP contribution in [0.1, 0.15) is 25.3 Å². The Labute approximate surface area is 147 Å². The molecule has 5 nitrogen and oxygen atoms in total. The molecule has 2 aromatic rings. The summed E-state index contributed by atoms with van der Waals surface area (Å²) in [5, 5.41) is 6.44. The molecular formula is C19H25FN4O. The second-order valence-corrected chi connectivity index (χ2v) is 5.69. The molecule has 2 N–H and O–H groups in total. The zero-order valence-electron chi connectivity index (χ0n) is 14.5. The van der Waals surface area contributed by atoms with Gasteiger partial charge in [-0.25, -0.2) is 9.38 Å². The third-order valence-corrected chi connectivity index (χ3v) is 3.67. The number of unbranched alkanes of at least 4 members (excludes halogenated alkanes) is 1. The summed E-state index contributed by atoms with van der Waals surface area (Å²) >= 11 is 0. The van der Waals surface area contributed by atoms with E-state index >= 15 is 0 Å². The zero-order chi connectivity index (χ0) is 17.9. The molecule has 0 aliphatic heterocycles. The lowest BCUT2D eigenvalue weighted by molar-refractivity contribution is 0.585. The molecule has 0 bridgehead atoms. The van der Waals surface area contributed by atoms with E-state index in [0.29, 0.717) is 19.0 Å². The van der Waals surface area contributed by atoms with E-state index in [2.05, 4.69) is 15.6 Å². The number of aromatic nitrogens is 1.